The van der Waals surface area contributed by atoms with E-state index in [-0.39, 0.29) is 5.78 Å². The zero-order valence-corrected chi connectivity index (χ0v) is 13.7. The molecule has 0 N–H and O–H groups in total. The third kappa shape index (κ3) is 5.13. The molecular formula is C19H28O2. The lowest BCUT2D eigenvalue weighted by Crippen LogP contribution is -2.16. The largest absolute Gasteiger partial charge is 0.381 e. The Morgan fingerprint density at radius 1 is 1.29 bits per heavy atom. The van der Waals surface area contributed by atoms with E-state index in [1.807, 2.05) is 12.1 Å². The summed E-state index contributed by atoms with van der Waals surface area (Å²) in [6, 6.07) is 6.18. The Hall–Kier alpha value is -1.41. The first-order valence-corrected chi connectivity index (χ1v) is 8.05. The fourth-order valence-electron chi connectivity index (χ4n) is 2.51. The number of hydrogen-bond acceptors (Lipinski definition) is 2. The van der Waals surface area contributed by atoms with Crippen LogP contribution >= 0.6 is 0 Å². The van der Waals surface area contributed by atoms with Crippen molar-refractivity contribution >= 4 is 5.78 Å². The van der Waals surface area contributed by atoms with Crippen LogP contribution in [0.2, 0.25) is 0 Å². The van der Waals surface area contributed by atoms with E-state index in [9.17, 15) is 4.79 Å². The molecule has 1 aromatic carbocycles. The van der Waals surface area contributed by atoms with Crippen molar-refractivity contribution in [3.8, 4) is 0 Å². The maximum absolute atomic E-state index is 11.9. The van der Waals surface area contributed by atoms with Gasteiger partial charge in [0.2, 0.25) is 0 Å². The second-order valence-corrected chi connectivity index (χ2v) is 5.44. The summed E-state index contributed by atoms with van der Waals surface area (Å²) in [5, 5.41) is 0. The Morgan fingerprint density at radius 3 is 2.43 bits per heavy atom. The third-order valence-corrected chi connectivity index (χ3v) is 3.64. The summed E-state index contributed by atoms with van der Waals surface area (Å²) < 4.78 is 5.40. The number of benzene rings is 1. The maximum atomic E-state index is 11.9. The number of ether oxygens (including phenoxy) is 1. The van der Waals surface area contributed by atoms with Gasteiger partial charge < -0.3 is 4.74 Å². The predicted molar refractivity (Wildman–Crippen MR) is 89.1 cm³/mol. The molecule has 1 fully saturated rings. The van der Waals surface area contributed by atoms with Crippen molar-refractivity contribution in [1.82, 2.24) is 0 Å². The fourth-order valence-corrected chi connectivity index (χ4v) is 2.51. The van der Waals surface area contributed by atoms with Gasteiger partial charge in [-0.1, -0.05) is 52.0 Å². The van der Waals surface area contributed by atoms with Crippen molar-refractivity contribution in [2.75, 3.05) is 13.2 Å². The van der Waals surface area contributed by atoms with E-state index in [0.717, 1.165) is 38.0 Å². The minimum atomic E-state index is 0.0270. The summed E-state index contributed by atoms with van der Waals surface area (Å²) in [5.74, 6) is 0.475. The molecule has 1 heterocycles. The first kappa shape index (κ1) is 17.6. The van der Waals surface area contributed by atoms with Gasteiger partial charge in [-0.3, -0.25) is 4.79 Å². The number of hydrogen-bond donors (Lipinski definition) is 0. The molecule has 0 aliphatic carbocycles. The lowest BCUT2D eigenvalue weighted by Gasteiger charge is -2.24. The average molecular weight is 288 g/mol. The Kier molecular flexibility index (Phi) is 7.99. The topological polar surface area (TPSA) is 26.3 Å². The van der Waals surface area contributed by atoms with E-state index in [2.05, 4.69) is 33.4 Å². The van der Waals surface area contributed by atoms with Crippen molar-refractivity contribution in [1.29, 1.82) is 0 Å². The van der Waals surface area contributed by atoms with Gasteiger partial charge in [-0.05, 0) is 42.4 Å². The molecule has 0 aromatic heterocycles. The minimum absolute atomic E-state index is 0.0270. The van der Waals surface area contributed by atoms with Crippen LogP contribution in [-0.2, 0) is 11.2 Å². The van der Waals surface area contributed by atoms with Gasteiger partial charge in [0.25, 0.3) is 0 Å². The van der Waals surface area contributed by atoms with E-state index in [1.54, 1.807) is 0 Å². The molecular weight excluding hydrogens is 260 g/mol. The van der Waals surface area contributed by atoms with E-state index < -0.39 is 0 Å². The van der Waals surface area contributed by atoms with Gasteiger partial charge in [0, 0.05) is 18.8 Å². The van der Waals surface area contributed by atoms with Gasteiger partial charge in [-0.15, -0.1) is 0 Å². The standard InChI is InChI=1S/C16H20O2.C3H8/c1-3-12-5-6-14(16(17)4-2)15(11-12)13-7-9-18-10-8-13;1-3-2/h4-6,11,13H,2-3,7-10H2,1H3;3H2,1-2H3. The molecule has 2 nitrogen and oxygen atoms in total. The minimum Gasteiger partial charge on any atom is -0.381 e. The van der Waals surface area contributed by atoms with Crippen LogP contribution in [0.5, 0.6) is 0 Å². The van der Waals surface area contributed by atoms with E-state index in [4.69, 9.17) is 4.74 Å². The molecule has 2 rings (SSSR count). The van der Waals surface area contributed by atoms with Crippen molar-refractivity contribution < 1.29 is 9.53 Å². The first-order chi connectivity index (χ1) is 10.2. The van der Waals surface area contributed by atoms with Crippen LogP contribution in [0.4, 0.5) is 0 Å². The predicted octanol–water partition coefficient (Wildman–Crippen LogP) is 4.93. The van der Waals surface area contributed by atoms with Gasteiger partial charge in [-0.2, -0.15) is 0 Å². The summed E-state index contributed by atoms with van der Waals surface area (Å²) in [7, 11) is 0. The zero-order chi connectivity index (χ0) is 15.7. The smallest absolute Gasteiger partial charge is 0.185 e. The van der Waals surface area contributed by atoms with Crippen molar-refractivity contribution in [2.45, 2.75) is 52.4 Å². The highest BCUT2D eigenvalue weighted by molar-refractivity contribution is 6.05. The SMILES string of the molecule is C=CC(=O)c1ccc(CC)cc1C1CCOCC1.CCC. The third-order valence-electron chi connectivity index (χ3n) is 3.64. The Morgan fingerprint density at radius 2 is 1.90 bits per heavy atom. The highest BCUT2D eigenvalue weighted by atomic mass is 16.5. The number of ketones is 1. The molecule has 0 atom stereocenters. The van der Waals surface area contributed by atoms with Gasteiger partial charge in [0.1, 0.15) is 0 Å². The Labute approximate surface area is 129 Å². The van der Waals surface area contributed by atoms with E-state index in [0.29, 0.717) is 5.92 Å². The number of carbonyl (C=O) groups excluding carboxylic acids is 1. The highest BCUT2D eigenvalue weighted by Gasteiger charge is 2.21. The number of carbonyl (C=O) groups is 1. The second-order valence-electron chi connectivity index (χ2n) is 5.44. The lowest BCUT2D eigenvalue weighted by molar-refractivity contribution is 0.0847. The van der Waals surface area contributed by atoms with Crippen molar-refractivity contribution in [2.24, 2.45) is 0 Å². The fraction of sp³-hybridized carbons (Fsp3) is 0.526. The maximum Gasteiger partial charge on any atom is 0.185 e. The summed E-state index contributed by atoms with van der Waals surface area (Å²) >= 11 is 0. The van der Waals surface area contributed by atoms with Crippen molar-refractivity contribution in [3.05, 3.63) is 47.5 Å². The molecule has 116 valence electrons. The molecule has 2 heteroatoms. The Bertz CT molecular complexity index is 457. The normalized spacial score (nSPS) is 15.0. The van der Waals surface area contributed by atoms with Crippen LogP contribution in [0.15, 0.2) is 30.9 Å². The van der Waals surface area contributed by atoms with E-state index in [1.165, 1.54) is 23.6 Å². The van der Waals surface area contributed by atoms with Gasteiger partial charge in [0.05, 0.1) is 0 Å². The lowest BCUT2D eigenvalue weighted by atomic mass is 9.85. The molecule has 0 spiro atoms. The average Bonchev–Trinajstić information content (AvgIpc) is 2.55. The van der Waals surface area contributed by atoms with Crippen LogP contribution in [0.3, 0.4) is 0 Å². The number of rotatable bonds is 4. The molecule has 1 saturated heterocycles. The van der Waals surface area contributed by atoms with Crippen LogP contribution in [0.25, 0.3) is 0 Å². The van der Waals surface area contributed by atoms with Gasteiger partial charge in [0.15, 0.2) is 5.78 Å². The van der Waals surface area contributed by atoms with Crippen LogP contribution < -0.4 is 0 Å². The van der Waals surface area contributed by atoms with Crippen molar-refractivity contribution in [3.63, 3.8) is 0 Å². The molecule has 21 heavy (non-hydrogen) atoms. The van der Waals surface area contributed by atoms with Crippen LogP contribution in [0.1, 0.15) is 67.4 Å². The molecule has 0 bridgehead atoms. The molecule has 1 aromatic rings. The van der Waals surface area contributed by atoms with Crippen LogP contribution in [-0.4, -0.2) is 19.0 Å². The molecule has 1 aliphatic heterocycles. The molecule has 0 radical (unpaired) electrons. The highest BCUT2D eigenvalue weighted by Crippen LogP contribution is 2.30. The number of aryl methyl sites for hydroxylation is 1. The summed E-state index contributed by atoms with van der Waals surface area (Å²) in [6.45, 7) is 11.6. The molecule has 0 amide bonds. The Balaban J connectivity index is 0.000000677. The zero-order valence-electron chi connectivity index (χ0n) is 13.7. The quantitative estimate of drug-likeness (QED) is 0.580. The van der Waals surface area contributed by atoms with Gasteiger partial charge >= 0.3 is 0 Å². The first-order valence-electron chi connectivity index (χ1n) is 8.05. The summed E-state index contributed by atoms with van der Waals surface area (Å²) in [4.78, 5) is 11.9. The molecule has 0 unspecified atom stereocenters. The number of allylic oxidation sites excluding steroid dienone is 1. The summed E-state index contributed by atoms with van der Waals surface area (Å²) in [6.07, 6.45) is 5.66. The molecule has 1 aliphatic rings. The van der Waals surface area contributed by atoms with E-state index >= 15 is 0 Å². The second kappa shape index (κ2) is 9.51. The molecule has 0 saturated carbocycles. The monoisotopic (exact) mass is 288 g/mol. The van der Waals surface area contributed by atoms with Crippen LogP contribution in [0, 0.1) is 0 Å². The summed E-state index contributed by atoms with van der Waals surface area (Å²) in [5.41, 5.74) is 3.29. The van der Waals surface area contributed by atoms with Gasteiger partial charge in [-0.25, -0.2) is 0 Å².